The van der Waals surface area contributed by atoms with Crippen LogP contribution in [0.3, 0.4) is 0 Å². The Bertz CT molecular complexity index is 704. The van der Waals surface area contributed by atoms with E-state index >= 15 is 0 Å². The Morgan fingerprint density at radius 1 is 0.867 bits per heavy atom. The van der Waals surface area contributed by atoms with Gasteiger partial charge < -0.3 is 0 Å². The molecule has 0 atom stereocenters. The molecule has 164 valence electrons. The van der Waals surface area contributed by atoms with Gasteiger partial charge in [-0.1, -0.05) is 63.5 Å². The highest BCUT2D eigenvalue weighted by Gasteiger charge is 2.25. The average Bonchev–Trinajstić information content (AvgIpc) is 2.78. The van der Waals surface area contributed by atoms with E-state index < -0.39 is 0 Å². The summed E-state index contributed by atoms with van der Waals surface area (Å²) in [5.74, 6) is 2.74. The first-order chi connectivity index (χ1) is 14.7. The average molecular weight is 414 g/mol. The lowest BCUT2D eigenvalue weighted by Crippen LogP contribution is -2.18. The maximum Gasteiger partial charge on any atom is 0.141 e. The van der Waals surface area contributed by atoms with Gasteiger partial charge in [-0.2, -0.15) is 5.26 Å². The van der Waals surface area contributed by atoms with Crippen molar-refractivity contribution in [1.29, 1.82) is 5.26 Å². The zero-order valence-electron chi connectivity index (χ0n) is 18.3. The fourth-order valence-electron chi connectivity index (χ4n) is 5.70. The number of benzene rings is 1. The minimum absolute atomic E-state index is 0.149. The molecule has 0 bridgehead atoms. The molecule has 2 aliphatic rings. The van der Waals surface area contributed by atoms with Crippen LogP contribution in [0.15, 0.2) is 30.6 Å². The van der Waals surface area contributed by atoms with Crippen molar-refractivity contribution in [1.82, 2.24) is 0 Å². The van der Waals surface area contributed by atoms with Crippen molar-refractivity contribution < 1.29 is 8.78 Å². The number of hydrogen-bond acceptors (Lipinski definition) is 1. The molecule has 1 aromatic carbocycles. The van der Waals surface area contributed by atoms with Crippen LogP contribution < -0.4 is 0 Å². The first kappa shape index (κ1) is 23.0. The van der Waals surface area contributed by atoms with Crippen LogP contribution in [-0.4, -0.2) is 0 Å². The van der Waals surface area contributed by atoms with Crippen molar-refractivity contribution >= 4 is 0 Å². The van der Waals surface area contributed by atoms with Crippen LogP contribution in [-0.2, 0) is 0 Å². The Labute approximate surface area is 181 Å². The normalized spacial score (nSPS) is 27.2. The molecular formula is C27H37F2N. The van der Waals surface area contributed by atoms with Crippen molar-refractivity contribution in [3.8, 4) is 6.07 Å². The molecule has 0 unspecified atom stereocenters. The Hall–Kier alpha value is -1.69. The van der Waals surface area contributed by atoms with Crippen molar-refractivity contribution in [3.05, 3.63) is 47.5 Å². The van der Waals surface area contributed by atoms with Crippen molar-refractivity contribution in [3.63, 3.8) is 0 Å². The fourth-order valence-corrected chi connectivity index (χ4v) is 5.70. The summed E-state index contributed by atoms with van der Waals surface area (Å²) in [5.41, 5.74) is 1.22. The summed E-state index contributed by atoms with van der Waals surface area (Å²) in [5, 5.41) is 8.90. The first-order valence-electron chi connectivity index (χ1n) is 12.1. The van der Waals surface area contributed by atoms with Gasteiger partial charge in [0, 0.05) is 0 Å². The van der Waals surface area contributed by atoms with Gasteiger partial charge in [0.15, 0.2) is 0 Å². The smallest absolute Gasteiger partial charge is 0.141 e. The minimum Gasteiger partial charge on any atom is -0.216 e. The van der Waals surface area contributed by atoms with E-state index in [9.17, 15) is 8.78 Å². The van der Waals surface area contributed by atoms with E-state index in [0.29, 0.717) is 12.2 Å². The molecule has 0 amide bonds. The fraction of sp³-hybridized carbons (Fsp3) is 0.667. The molecule has 0 N–H and O–H groups in total. The summed E-state index contributed by atoms with van der Waals surface area (Å²) in [6, 6.07) is 7.07. The molecular weight excluding hydrogens is 376 g/mol. The van der Waals surface area contributed by atoms with Gasteiger partial charge in [-0.3, -0.25) is 0 Å². The Kier molecular flexibility index (Phi) is 9.37. The van der Waals surface area contributed by atoms with E-state index in [1.807, 2.05) is 12.1 Å². The number of nitriles is 1. The summed E-state index contributed by atoms with van der Waals surface area (Å²) in [6.07, 6.45) is 20.0. The Morgan fingerprint density at radius 2 is 1.47 bits per heavy atom. The molecule has 0 aliphatic heterocycles. The van der Waals surface area contributed by atoms with Gasteiger partial charge in [0.25, 0.3) is 0 Å². The van der Waals surface area contributed by atoms with Crippen molar-refractivity contribution in [2.45, 2.75) is 95.8 Å². The molecule has 2 fully saturated rings. The highest BCUT2D eigenvalue weighted by atomic mass is 19.1. The Balaban J connectivity index is 1.30. The summed E-state index contributed by atoms with van der Waals surface area (Å²) < 4.78 is 25.9. The maximum absolute atomic E-state index is 13.9. The van der Waals surface area contributed by atoms with Gasteiger partial charge in [0.2, 0.25) is 0 Å². The molecule has 0 aromatic heterocycles. The third-order valence-corrected chi connectivity index (χ3v) is 7.70. The summed E-state index contributed by atoms with van der Waals surface area (Å²) in [7, 11) is 0. The third kappa shape index (κ3) is 6.93. The predicted octanol–water partition coefficient (Wildman–Crippen LogP) is 8.60. The van der Waals surface area contributed by atoms with Gasteiger partial charge in [-0.15, -0.1) is 0 Å². The van der Waals surface area contributed by atoms with Crippen LogP contribution in [0.2, 0.25) is 0 Å². The van der Waals surface area contributed by atoms with E-state index in [1.54, 1.807) is 18.2 Å². The minimum atomic E-state index is -0.371. The van der Waals surface area contributed by atoms with E-state index in [1.165, 1.54) is 64.2 Å². The van der Waals surface area contributed by atoms with Gasteiger partial charge in [-0.25, -0.2) is 8.78 Å². The van der Waals surface area contributed by atoms with E-state index in [2.05, 4.69) is 0 Å². The van der Waals surface area contributed by atoms with Crippen LogP contribution in [0.4, 0.5) is 8.78 Å². The number of nitrogens with zero attached hydrogens (tertiary/aromatic N) is 1. The number of unbranched alkanes of at least 4 members (excludes halogenated alkanes) is 2. The van der Waals surface area contributed by atoms with Crippen LogP contribution in [0.5, 0.6) is 0 Å². The molecule has 3 rings (SSSR count). The number of halogens is 2. The summed E-state index contributed by atoms with van der Waals surface area (Å²) in [6.45, 7) is 0. The highest BCUT2D eigenvalue weighted by molar-refractivity contribution is 5.34. The molecule has 3 heteroatoms. The highest BCUT2D eigenvalue weighted by Crippen LogP contribution is 2.40. The lowest BCUT2D eigenvalue weighted by molar-refractivity contribution is 0.222. The summed E-state index contributed by atoms with van der Waals surface area (Å²) in [4.78, 5) is 0. The first-order valence-corrected chi connectivity index (χ1v) is 12.1. The molecule has 0 radical (unpaired) electrons. The molecule has 0 heterocycles. The standard InChI is InChI=1S/C27H37F2N/c28-18-4-2-1-3-5-21-6-8-22(9-7-21)10-11-23-12-14-24(15-13-23)25-16-17-26(20-30)27(29)19-25/h4,16-19,21-24H,1-3,5-15H2/b18-4+/t21-,22-,23-,24-. The molecule has 2 saturated carbocycles. The van der Waals surface area contributed by atoms with E-state index in [0.717, 1.165) is 49.0 Å². The number of allylic oxidation sites excluding steroid dienone is 1. The maximum atomic E-state index is 13.9. The quantitative estimate of drug-likeness (QED) is 0.372. The largest absolute Gasteiger partial charge is 0.216 e. The molecule has 1 aromatic rings. The molecule has 2 aliphatic carbocycles. The van der Waals surface area contributed by atoms with E-state index in [4.69, 9.17) is 5.26 Å². The summed E-state index contributed by atoms with van der Waals surface area (Å²) >= 11 is 0. The molecule has 0 saturated heterocycles. The third-order valence-electron chi connectivity index (χ3n) is 7.70. The van der Waals surface area contributed by atoms with Gasteiger partial charge >= 0.3 is 0 Å². The van der Waals surface area contributed by atoms with Crippen molar-refractivity contribution in [2.24, 2.45) is 17.8 Å². The van der Waals surface area contributed by atoms with E-state index in [-0.39, 0.29) is 11.4 Å². The zero-order chi connectivity index (χ0) is 21.2. The second kappa shape index (κ2) is 12.2. The second-order valence-corrected chi connectivity index (χ2v) is 9.68. The SMILES string of the molecule is N#Cc1ccc([C@H]2CC[C@H](CC[C@H]3CC[C@H](CCCC/C=C/F)CC3)CC2)cc1F. The number of hydrogen-bond donors (Lipinski definition) is 0. The van der Waals surface area contributed by atoms with Gasteiger partial charge in [0.1, 0.15) is 11.9 Å². The molecule has 30 heavy (non-hydrogen) atoms. The zero-order valence-corrected chi connectivity index (χ0v) is 18.3. The van der Waals surface area contributed by atoms with Crippen LogP contribution in [0.25, 0.3) is 0 Å². The predicted molar refractivity (Wildman–Crippen MR) is 119 cm³/mol. The molecule has 1 nitrogen and oxygen atoms in total. The second-order valence-electron chi connectivity index (χ2n) is 9.68. The van der Waals surface area contributed by atoms with Gasteiger partial charge in [0.05, 0.1) is 11.9 Å². The number of rotatable bonds is 9. The van der Waals surface area contributed by atoms with Crippen LogP contribution in [0.1, 0.15) is 107 Å². The molecule has 0 spiro atoms. The van der Waals surface area contributed by atoms with Crippen molar-refractivity contribution in [2.75, 3.05) is 0 Å². The lowest BCUT2D eigenvalue weighted by Gasteiger charge is -2.32. The monoisotopic (exact) mass is 413 g/mol. The van der Waals surface area contributed by atoms with Crippen LogP contribution in [0, 0.1) is 34.9 Å². The van der Waals surface area contributed by atoms with Gasteiger partial charge in [-0.05, 0) is 79.9 Å². The Morgan fingerprint density at radius 3 is 2.03 bits per heavy atom. The lowest BCUT2D eigenvalue weighted by atomic mass is 9.74. The van der Waals surface area contributed by atoms with Crippen LogP contribution >= 0.6 is 0 Å². The topological polar surface area (TPSA) is 23.8 Å².